The summed E-state index contributed by atoms with van der Waals surface area (Å²) in [6.45, 7) is 6.77. The zero-order valence-electron chi connectivity index (χ0n) is 12.3. The van der Waals surface area contributed by atoms with Gasteiger partial charge in [0.15, 0.2) is 0 Å². The summed E-state index contributed by atoms with van der Waals surface area (Å²) in [6.07, 6.45) is 3.56. The molecule has 20 heavy (non-hydrogen) atoms. The molecule has 1 aromatic carbocycles. The van der Waals surface area contributed by atoms with Crippen molar-refractivity contribution in [3.05, 3.63) is 33.3 Å². The molecule has 2 unspecified atom stereocenters. The summed E-state index contributed by atoms with van der Waals surface area (Å²) in [5, 5.41) is 0.756. The molecule has 0 bridgehead atoms. The van der Waals surface area contributed by atoms with Crippen LogP contribution in [0.4, 0.5) is 0 Å². The first kappa shape index (κ1) is 16.3. The van der Waals surface area contributed by atoms with Crippen LogP contribution in [0.2, 0.25) is 5.02 Å². The number of benzene rings is 1. The third kappa shape index (κ3) is 3.97. The lowest BCUT2D eigenvalue weighted by atomic mass is 9.95. The fourth-order valence-corrected chi connectivity index (χ4v) is 3.60. The summed E-state index contributed by atoms with van der Waals surface area (Å²) in [5.41, 5.74) is 7.75. The first-order valence-electron chi connectivity index (χ1n) is 7.43. The number of rotatable bonds is 3. The number of nitrogens with two attached hydrogens (primary N) is 1. The average molecular weight is 360 g/mol. The molecule has 2 atom stereocenters. The summed E-state index contributed by atoms with van der Waals surface area (Å²) < 4.78 is 0.956. The predicted molar refractivity (Wildman–Crippen MR) is 90.1 cm³/mol. The van der Waals surface area contributed by atoms with Crippen molar-refractivity contribution in [3.8, 4) is 0 Å². The highest BCUT2D eigenvalue weighted by atomic mass is 79.9. The zero-order chi connectivity index (χ0) is 14.7. The monoisotopic (exact) mass is 358 g/mol. The highest BCUT2D eigenvalue weighted by Crippen LogP contribution is 2.33. The van der Waals surface area contributed by atoms with Crippen molar-refractivity contribution in [2.24, 2.45) is 11.7 Å². The molecule has 1 aromatic rings. The Morgan fingerprint density at radius 2 is 2.15 bits per heavy atom. The second-order valence-corrected chi connectivity index (χ2v) is 7.43. The van der Waals surface area contributed by atoms with E-state index in [4.69, 9.17) is 17.3 Å². The minimum absolute atomic E-state index is 0.198. The number of likely N-dealkylation sites (tertiary alicyclic amines) is 1. The Kier molecular flexibility index (Phi) is 5.91. The van der Waals surface area contributed by atoms with Gasteiger partial charge < -0.3 is 5.73 Å². The van der Waals surface area contributed by atoms with E-state index in [9.17, 15) is 0 Å². The molecule has 0 radical (unpaired) electrons. The fourth-order valence-electron chi connectivity index (χ4n) is 3.09. The zero-order valence-corrected chi connectivity index (χ0v) is 14.6. The lowest BCUT2D eigenvalue weighted by molar-refractivity contribution is 0.165. The summed E-state index contributed by atoms with van der Waals surface area (Å²) in [4.78, 5) is 2.55. The lowest BCUT2D eigenvalue weighted by Gasteiger charge is -2.35. The van der Waals surface area contributed by atoms with E-state index in [0.717, 1.165) is 29.0 Å². The fraction of sp³-hybridized carbons (Fsp3) is 0.625. The minimum atomic E-state index is 0.198. The van der Waals surface area contributed by atoms with E-state index < -0.39 is 0 Å². The molecule has 1 fully saturated rings. The molecule has 1 aliphatic heterocycles. The number of nitrogens with zero attached hydrogens (tertiary/aromatic N) is 1. The summed E-state index contributed by atoms with van der Waals surface area (Å²) in [5.74, 6) is 0.651. The van der Waals surface area contributed by atoms with Gasteiger partial charge in [0.2, 0.25) is 0 Å². The van der Waals surface area contributed by atoms with Gasteiger partial charge in [-0.15, -0.1) is 0 Å². The van der Waals surface area contributed by atoms with E-state index >= 15 is 0 Å². The SMILES string of the molecule is CC(C)CN1CCCCC(N)C1c1ccc(Cl)c(Br)c1. The smallest absolute Gasteiger partial charge is 0.0548 e. The van der Waals surface area contributed by atoms with Crippen LogP contribution in [0.3, 0.4) is 0 Å². The van der Waals surface area contributed by atoms with Gasteiger partial charge in [0, 0.05) is 23.1 Å². The van der Waals surface area contributed by atoms with Gasteiger partial charge in [-0.25, -0.2) is 0 Å². The minimum Gasteiger partial charge on any atom is -0.326 e. The van der Waals surface area contributed by atoms with Gasteiger partial charge >= 0.3 is 0 Å². The highest BCUT2D eigenvalue weighted by Gasteiger charge is 2.29. The number of hydrogen-bond acceptors (Lipinski definition) is 2. The second kappa shape index (κ2) is 7.26. The van der Waals surface area contributed by atoms with Crippen LogP contribution in [-0.2, 0) is 0 Å². The molecule has 0 aliphatic carbocycles. The van der Waals surface area contributed by atoms with Crippen molar-refractivity contribution in [1.29, 1.82) is 0 Å². The average Bonchev–Trinajstić information content (AvgIpc) is 2.54. The van der Waals surface area contributed by atoms with E-state index in [-0.39, 0.29) is 6.04 Å². The second-order valence-electron chi connectivity index (χ2n) is 6.17. The Labute approximate surface area is 135 Å². The standard InChI is InChI=1S/C16H24BrClN2/c1-11(2)10-20-8-4-3-5-15(19)16(20)12-6-7-14(18)13(17)9-12/h6-7,9,11,15-16H,3-5,8,10,19H2,1-2H3. The third-order valence-electron chi connectivity index (χ3n) is 3.92. The van der Waals surface area contributed by atoms with E-state index in [2.05, 4.69) is 46.8 Å². The quantitative estimate of drug-likeness (QED) is 0.853. The van der Waals surface area contributed by atoms with Crippen LogP contribution in [-0.4, -0.2) is 24.0 Å². The van der Waals surface area contributed by atoms with Crippen LogP contribution in [0.25, 0.3) is 0 Å². The molecular weight excluding hydrogens is 336 g/mol. The molecule has 112 valence electrons. The first-order chi connectivity index (χ1) is 9.49. The van der Waals surface area contributed by atoms with Crippen molar-refractivity contribution in [3.63, 3.8) is 0 Å². The normalized spacial score (nSPS) is 24.9. The molecule has 0 aromatic heterocycles. The van der Waals surface area contributed by atoms with Crippen LogP contribution in [0.15, 0.2) is 22.7 Å². The molecule has 1 saturated heterocycles. The lowest BCUT2D eigenvalue weighted by Crippen LogP contribution is -2.41. The number of hydrogen-bond donors (Lipinski definition) is 1. The Morgan fingerprint density at radius 1 is 1.40 bits per heavy atom. The molecule has 0 spiro atoms. The van der Waals surface area contributed by atoms with Crippen LogP contribution in [0, 0.1) is 5.92 Å². The summed E-state index contributed by atoms with van der Waals surface area (Å²) in [6, 6.07) is 6.71. The Hall–Kier alpha value is -0.0900. The molecule has 1 heterocycles. The van der Waals surface area contributed by atoms with Crippen molar-refractivity contribution in [2.45, 2.75) is 45.2 Å². The van der Waals surface area contributed by atoms with E-state index in [1.807, 2.05) is 6.07 Å². The molecule has 2 nitrogen and oxygen atoms in total. The molecule has 2 rings (SSSR count). The van der Waals surface area contributed by atoms with Gasteiger partial charge in [-0.1, -0.05) is 37.9 Å². The van der Waals surface area contributed by atoms with E-state index in [1.54, 1.807) is 0 Å². The molecule has 0 amide bonds. The van der Waals surface area contributed by atoms with Gasteiger partial charge in [-0.2, -0.15) is 0 Å². The van der Waals surface area contributed by atoms with Gasteiger partial charge in [0.05, 0.1) is 5.02 Å². The maximum atomic E-state index is 6.48. The van der Waals surface area contributed by atoms with Crippen LogP contribution >= 0.6 is 27.5 Å². The topological polar surface area (TPSA) is 29.3 Å². The van der Waals surface area contributed by atoms with Crippen molar-refractivity contribution < 1.29 is 0 Å². The molecule has 4 heteroatoms. The van der Waals surface area contributed by atoms with Crippen molar-refractivity contribution >= 4 is 27.5 Å². The highest BCUT2D eigenvalue weighted by molar-refractivity contribution is 9.10. The van der Waals surface area contributed by atoms with Gasteiger partial charge in [0.1, 0.15) is 0 Å². The van der Waals surface area contributed by atoms with Crippen molar-refractivity contribution in [1.82, 2.24) is 4.90 Å². The summed E-state index contributed by atoms with van der Waals surface area (Å²) >= 11 is 9.65. The largest absolute Gasteiger partial charge is 0.326 e. The molecule has 2 N–H and O–H groups in total. The third-order valence-corrected chi connectivity index (χ3v) is 5.13. The van der Waals surface area contributed by atoms with Gasteiger partial charge in [-0.3, -0.25) is 4.90 Å². The molecule has 1 aliphatic rings. The predicted octanol–water partition coefficient (Wildman–Crippen LogP) is 4.61. The Balaban J connectivity index is 2.31. The maximum absolute atomic E-state index is 6.48. The first-order valence-corrected chi connectivity index (χ1v) is 8.60. The van der Waals surface area contributed by atoms with Crippen LogP contribution in [0.1, 0.15) is 44.7 Å². The Morgan fingerprint density at radius 3 is 2.80 bits per heavy atom. The summed E-state index contributed by atoms with van der Waals surface area (Å²) in [7, 11) is 0. The van der Waals surface area contributed by atoms with Gasteiger partial charge in [-0.05, 0) is 58.9 Å². The van der Waals surface area contributed by atoms with Crippen LogP contribution in [0.5, 0.6) is 0 Å². The number of halogens is 2. The van der Waals surface area contributed by atoms with E-state index in [1.165, 1.54) is 18.4 Å². The van der Waals surface area contributed by atoms with Gasteiger partial charge in [0.25, 0.3) is 0 Å². The molecule has 0 saturated carbocycles. The van der Waals surface area contributed by atoms with Crippen molar-refractivity contribution in [2.75, 3.05) is 13.1 Å². The van der Waals surface area contributed by atoms with Crippen LogP contribution < -0.4 is 5.73 Å². The Bertz CT molecular complexity index is 450. The maximum Gasteiger partial charge on any atom is 0.0548 e. The van der Waals surface area contributed by atoms with E-state index in [0.29, 0.717) is 12.0 Å². The molecular formula is C16H24BrClN2.